The van der Waals surface area contributed by atoms with Gasteiger partial charge in [0, 0.05) is 17.1 Å². The van der Waals surface area contributed by atoms with Gasteiger partial charge < -0.3 is 14.6 Å². The highest BCUT2D eigenvalue weighted by Gasteiger charge is 2.48. The molecular formula is C26H24N2O5S. The van der Waals surface area contributed by atoms with Gasteiger partial charge in [0.1, 0.15) is 23.9 Å². The number of thiazole rings is 1. The van der Waals surface area contributed by atoms with Crippen molar-refractivity contribution in [1.29, 1.82) is 0 Å². The van der Waals surface area contributed by atoms with Crippen LogP contribution in [0.3, 0.4) is 0 Å². The number of aliphatic hydroxyl groups excluding tert-OH is 1. The Kier molecular flexibility index (Phi) is 7.08. The average Bonchev–Trinajstić information content (AvgIpc) is 3.48. The number of amides is 1. The molecule has 2 heterocycles. The average molecular weight is 477 g/mol. The largest absolute Gasteiger partial charge is 0.507 e. The zero-order valence-corrected chi connectivity index (χ0v) is 19.5. The third kappa shape index (κ3) is 4.58. The van der Waals surface area contributed by atoms with Gasteiger partial charge in [0.2, 0.25) is 0 Å². The van der Waals surface area contributed by atoms with E-state index in [9.17, 15) is 14.7 Å². The van der Waals surface area contributed by atoms with E-state index in [1.54, 1.807) is 66.2 Å². The molecule has 0 saturated carbocycles. The van der Waals surface area contributed by atoms with Crippen molar-refractivity contribution in [2.45, 2.75) is 19.4 Å². The molecule has 0 radical (unpaired) electrons. The number of rotatable bonds is 9. The molecule has 7 nitrogen and oxygen atoms in total. The van der Waals surface area contributed by atoms with E-state index in [-0.39, 0.29) is 11.3 Å². The minimum atomic E-state index is -0.866. The molecule has 0 bridgehead atoms. The van der Waals surface area contributed by atoms with Crippen molar-refractivity contribution < 1.29 is 24.2 Å². The molecule has 34 heavy (non-hydrogen) atoms. The van der Waals surface area contributed by atoms with E-state index in [1.165, 1.54) is 16.2 Å². The molecule has 1 atom stereocenters. The summed E-state index contributed by atoms with van der Waals surface area (Å²) in [5.74, 6) is -0.574. The van der Waals surface area contributed by atoms with Gasteiger partial charge in [-0.1, -0.05) is 31.7 Å². The van der Waals surface area contributed by atoms with Crippen LogP contribution in [0.5, 0.6) is 11.5 Å². The van der Waals surface area contributed by atoms with Crippen molar-refractivity contribution in [3.8, 4) is 11.5 Å². The standard InChI is InChI=1S/C26H24N2O5S/c1-3-13-32-19-10-8-17(9-11-19)23(29)21-22(18-6-5-7-20(16-18)33-14-4-2)28(25(31)24(21)30)26-27-12-15-34-26/h4-12,15-16,22,29H,2-3,13-14H2,1H3/b23-21+. The van der Waals surface area contributed by atoms with Crippen LogP contribution in [0.4, 0.5) is 5.13 Å². The van der Waals surface area contributed by atoms with Crippen LogP contribution in [-0.2, 0) is 9.59 Å². The summed E-state index contributed by atoms with van der Waals surface area (Å²) < 4.78 is 11.2. The number of carbonyl (C=O) groups excluding carboxylic acids is 2. The lowest BCUT2D eigenvalue weighted by molar-refractivity contribution is -0.132. The number of benzene rings is 2. The van der Waals surface area contributed by atoms with Crippen LogP contribution < -0.4 is 14.4 Å². The molecule has 1 amide bonds. The van der Waals surface area contributed by atoms with Gasteiger partial charge in [-0.05, 0) is 48.4 Å². The minimum absolute atomic E-state index is 0.0108. The first-order chi connectivity index (χ1) is 16.5. The zero-order valence-electron chi connectivity index (χ0n) is 18.6. The monoisotopic (exact) mass is 476 g/mol. The number of ether oxygens (including phenoxy) is 2. The van der Waals surface area contributed by atoms with E-state index in [0.29, 0.717) is 41.0 Å². The molecule has 1 fully saturated rings. The summed E-state index contributed by atoms with van der Waals surface area (Å²) in [6.45, 7) is 6.55. The molecule has 1 aliphatic rings. The van der Waals surface area contributed by atoms with Crippen molar-refractivity contribution in [3.63, 3.8) is 0 Å². The summed E-state index contributed by atoms with van der Waals surface area (Å²) in [5.41, 5.74) is 1.01. The molecule has 174 valence electrons. The topological polar surface area (TPSA) is 89.0 Å². The predicted molar refractivity (Wildman–Crippen MR) is 131 cm³/mol. The second kappa shape index (κ2) is 10.4. The number of carbonyl (C=O) groups is 2. The highest BCUT2D eigenvalue weighted by atomic mass is 32.1. The fourth-order valence-corrected chi connectivity index (χ4v) is 4.36. The van der Waals surface area contributed by atoms with Gasteiger partial charge >= 0.3 is 5.91 Å². The first kappa shape index (κ1) is 23.3. The van der Waals surface area contributed by atoms with Crippen LogP contribution >= 0.6 is 11.3 Å². The molecule has 0 spiro atoms. The lowest BCUT2D eigenvalue weighted by Gasteiger charge is -2.23. The zero-order chi connectivity index (χ0) is 24.1. The lowest BCUT2D eigenvalue weighted by Crippen LogP contribution is -2.29. The van der Waals surface area contributed by atoms with Crippen molar-refractivity contribution in [2.24, 2.45) is 0 Å². The Labute approximate surface area is 201 Å². The number of ketones is 1. The molecule has 2 aromatic carbocycles. The molecule has 3 aromatic rings. The highest BCUT2D eigenvalue weighted by molar-refractivity contribution is 7.14. The maximum absolute atomic E-state index is 13.2. The van der Waals surface area contributed by atoms with Gasteiger partial charge in [-0.2, -0.15) is 0 Å². The number of hydrogen-bond donors (Lipinski definition) is 1. The molecule has 1 unspecified atom stereocenters. The van der Waals surface area contributed by atoms with Crippen LogP contribution in [-0.4, -0.2) is 35.0 Å². The fourth-order valence-electron chi connectivity index (χ4n) is 3.69. The van der Waals surface area contributed by atoms with E-state index in [2.05, 4.69) is 11.6 Å². The van der Waals surface area contributed by atoms with E-state index in [0.717, 1.165) is 6.42 Å². The first-order valence-corrected chi connectivity index (χ1v) is 11.7. The van der Waals surface area contributed by atoms with Crippen LogP contribution in [0.25, 0.3) is 5.76 Å². The summed E-state index contributed by atoms with van der Waals surface area (Å²) in [6, 6.07) is 13.0. The molecule has 1 N–H and O–H groups in total. The Morgan fingerprint density at radius 2 is 1.97 bits per heavy atom. The molecule has 1 aromatic heterocycles. The minimum Gasteiger partial charge on any atom is -0.507 e. The summed E-state index contributed by atoms with van der Waals surface area (Å²) >= 11 is 1.24. The number of Topliss-reactive ketones (excluding diaryl/α,β-unsaturated/α-hetero) is 1. The van der Waals surface area contributed by atoms with Crippen molar-refractivity contribution >= 4 is 33.9 Å². The Morgan fingerprint density at radius 1 is 1.18 bits per heavy atom. The molecule has 4 rings (SSSR count). The van der Waals surface area contributed by atoms with Gasteiger partial charge in [0.05, 0.1) is 18.2 Å². The van der Waals surface area contributed by atoms with Crippen LogP contribution in [0, 0.1) is 0 Å². The Hall–Kier alpha value is -3.91. The number of aromatic nitrogens is 1. The smallest absolute Gasteiger partial charge is 0.301 e. The normalized spacial score (nSPS) is 17.1. The molecular weight excluding hydrogens is 452 g/mol. The van der Waals surface area contributed by atoms with Gasteiger partial charge in [0.25, 0.3) is 5.78 Å². The van der Waals surface area contributed by atoms with Crippen molar-refractivity contribution in [3.05, 3.63) is 89.5 Å². The third-order valence-corrected chi connectivity index (χ3v) is 5.98. The Bertz CT molecular complexity index is 1220. The molecule has 1 aliphatic heterocycles. The predicted octanol–water partition coefficient (Wildman–Crippen LogP) is 5.12. The lowest BCUT2D eigenvalue weighted by atomic mass is 9.95. The second-order valence-electron chi connectivity index (χ2n) is 7.53. The van der Waals surface area contributed by atoms with Gasteiger partial charge in [-0.25, -0.2) is 4.98 Å². The maximum Gasteiger partial charge on any atom is 0.301 e. The quantitative estimate of drug-likeness (QED) is 0.200. The van der Waals surface area contributed by atoms with E-state index in [1.807, 2.05) is 6.92 Å². The van der Waals surface area contributed by atoms with E-state index >= 15 is 0 Å². The summed E-state index contributed by atoms with van der Waals surface area (Å²) in [7, 11) is 0. The van der Waals surface area contributed by atoms with Crippen LogP contribution in [0.1, 0.15) is 30.5 Å². The second-order valence-corrected chi connectivity index (χ2v) is 8.40. The molecule has 8 heteroatoms. The van der Waals surface area contributed by atoms with E-state index in [4.69, 9.17) is 9.47 Å². The summed E-state index contributed by atoms with van der Waals surface area (Å²) in [6.07, 6.45) is 4.06. The van der Waals surface area contributed by atoms with Gasteiger partial charge in [-0.3, -0.25) is 14.5 Å². The van der Waals surface area contributed by atoms with Crippen LogP contribution in [0.2, 0.25) is 0 Å². The highest BCUT2D eigenvalue weighted by Crippen LogP contribution is 2.43. The SMILES string of the molecule is C=CCOc1cccc(C2/C(=C(\O)c3ccc(OCCC)cc3)C(=O)C(=O)N2c2nccs2)c1. The first-order valence-electron chi connectivity index (χ1n) is 10.8. The third-order valence-electron chi connectivity index (χ3n) is 5.21. The number of hydrogen-bond acceptors (Lipinski definition) is 7. The number of aliphatic hydroxyl groups is 1. The fraction of sp³-hybridized carbons (Fsp3) is 0.192. The molecule has 1 saturated heterocycles. The van der Waals surface area contributed by atoms with E-state index < -0.39 is 17.7 Å². The maximum atomic E-state index is 13.2. The van der Waals surface area contributed by atoms with Crippen LogP contribution in [0.15, 0.2) is 78.3 Å². The van der Waals surface area contributed by atoms with Crippen molar-refractivity contribution in [1.82, 2.24) is 4.98 Å². The Balaban J connectivity index is 1.81. The Morgan fingerprint density at radius 3 is 2.65 bits per heavy atom. The molecule has 0 aliphatic carbocycles. The number of nitrogens with zero attached hydrogens (tertiary/aromatic N) is 2. The van der Waals surface area contributed by atoms with Gasteiger partial charge in [0.15, 0.2) is 5.13 Å². The summed E-state index contributed by atoms with van der Waals surface area (Å²) in [4.78, 5) is 31.8. The van der Waals surface area contributed by atoms with Crippen molar-refractivity contribution in [2.75, 3.05) is 18.1 Å². The summed E-state index contributed by atoms with van der Waals surface area (Å²) in [5, 5.41) is 13.3. The van der Waals surface area contributed by atoms with Gasteiger partial charge in [-0.15, -0.1) is 11.3 Å². The number of anilines is 1.